The van der Waals surface area contributed by atoms with Crippen molar-refractivity contribution in [2.75, 3.05) is 18.1 Å². The molecule has 0 radical (unpaired) electrons. The minimum absolute atomic E-state index is 0.0348. The van der Waals surface area contributed by atoms with Gasteiger partial charge in [0.05, 0.1) is 9.83 Å². The van der Waals surface area contributed by atoms with E-state index in [9.17, 15) is 24.5 Å². The fraction of sp³-hybridized carbons (Fsp3) is 0.105. The maximum Gasteiger partial charge on any atom is 0.294 e. The van der Waals surface area contributed by atoms with Crippen LogP contribution < -0.4 is 5.32 Å². The van der Waals surface area contributed by atoms with Gasteiger partial charge in [-0.05, 0) is 53.9 Å². The minimum Gasteiger partial charge on any atom is -0.324 e. The number of nitrogens with one attached hydrogen (secondary N) is 1. The Bertz CT molecular complexity index is 1090. The molecule has 2 aromatic rings. The molecule has 1 fully saturated rings. The van der Waals surface area contributed by atoms with E-state index in [0.717, 1.165) is 9.80 Å². The van der Waals surface area contributed by atoms with Crippen molar-refractivity contribution in [2.24, 2.45) is 0 Å². The van der Waals surface area contributed by atoms with Gasteiger partial charge in [0.15, 0.2) is 0 Å². The van der Waals surface area contributed by atoms with Crippen LogP contribution in [-0.2, 0) is 9.59 Å². The molecule has 0 saturated carbocycles. The standard InChI is InChI=1S/C19H14ClN3O5S2/c1-29-13-4-2-3-12(9-13)21-17(24)10-22-18(25)16(30-19(22)26)8-11-5-6-14(20)15(7-11)23(27)28/h2-9H,10H2,1H3,(H,21,24)/b16-8-. The summed E-state index contributed by atoms with van der Waals surface area (Å²) in [6.07, 6.45) is 3.26. The molecule has 1 aliphatic heterocycles. The van der Waals surface area contributed by atoms with E-state index in [-0.39, 0.29) is 15.6 Å². The third-order valence-electron chi connectivity index (χ3n) is 3.99. The quantitative estimate of drug-likeness (QED) is 0.287. The van der Waals surface area contributed by atoms with Gasteiger partial charge in [-0.2, -0.15) is 0 Å². The predicted molar refractivity (Wildman–Crippen MR) is 118 cm³/mol. The van der Waals surface area contributed by atoms with Gasteiger partial charge in [-0.3, -0.25) is 29.4 Å². The number of imide groups is 1. The Balaban J connectivity index is 1.73. The Kier molecular flexibility index (Phi) is 6.80. The molecule has 154 valence electrons. The minimum atomic E-state index is -0.643. The van der Waals surface area contributed by atoms with Crippen LogP contribution in [0.1, 0.15) is 5.56 Å². The molecule has 8 nitrogen and oxygen atoms in total. The summed E-state index contributed by atoms with van der Waals surface area (Å²) in [5.41, 5.74) is 0.592. The Hall–Kier alpha value is -2.82. The van der Waals surface area contributed by atoms with E-state index >= 15 is 0 Å². The van der Waals surface area contributed by atoms with Crippen LogP contribution in [0.2, 0.25) is 5.02 Å². The summed E-state index contributed by atoms with van der Waals surface area (Å²) in [4.78, 5) is 49.3. The number of rotatable bonds is 6. The molecule has 0 aromatic heterocycles. The highest BCUT2D eigenvalue weighted by atomic mass is 35.5. The number of nitrogens with zero attached hydrogens (tertiary/aromatic N) is 2. The first-order chi connectivity index (χ1) is 14.3. The van der Waals surface area contributed by atoms with E-state index in [4.69, 9.17) is 11.6 Å². The van der Waals surface area contributed by atoms with Gasteiger partial charge >= 0.3 is 0 Å². The van der Waals surface area contributed by atoms with Gasteiger partial charge in [0.1, 0.15) is 11.6 Å². The van der Waals surface area contributed by atoms with Crippen molar-refractivity contribution in [2.45, 2.75) is 4.90 Å². The van der Waals surface area contributed by atoms with Crippen LogP contribution in [0.4, 0.5) is 16.2 Å². The fourth-order valence-corrected chi connectivity index (χ4v) is 4.08. The second-order valence-corrected chi connectivity index (χ2v) is 8.30. The fourth-order valence-electron chi connectivity index (χ4n) is 2.59. The summed E-state index contributed by atoms with van der Waals surface area (Å²) in [6.45, 7) is -0.438. The van der Waals surface area contributed by atoms with Gasteiger partial charge < -0.3 is 5.32 Å². The van der Waals surface area contributed by atoms with E-state index in [1.165, 1.54) is 36.0 Å². The summed E-state index contributed by atoms with van der Waals surface area (Å²) >= 11 is 7.96. The molecular weight excluding hydrogens is 450 g/mol. The zero-order valence-corrected chi connectivity index (χ0v) is 17.8. The number of carbonyl (C=O) groups excluding carboxylic acids is 3. The summed E-state index contributed by atoms with van der Waals surface area (Å²) in [5, 5.41) is 13.0. The SMILES string of the molecule is CSc1cccc(NC(=O)CN2C(=O)S/C(=C\c3ccc(Cl)c([N+](=O)[O-])c3)C2=O)c1. The summed E-state index contributed by atoms with van der Waals surface area (Å²) in [6, 6.07) is 11.2. The lowest BCUT2D eigenvalue weighted by molar-refractivity contribution is -0.384. The van der Waals surface area contributed by atoms with Crippen molar-refractivity contribution in [3.63, 3.8) is 0 Å². The predicted octanol–water partition coefficient (Wildman–Crippen LogP) is 4.65. The van der Waals surface area contributed by atoms with Gasteiger partial charge in [-0.25, -0.2) is 0 Å². The lowest BCUT2D eigenvalue weighted by Gasteiger charge is -2.12. The second kappa shape index (κ2) is 9.33. The first-order valence-corrected chi connectivity index (χ1v) is 10.8. The number of hydrogen-bond acceptors (Lipinski definition) is 7. The molecule has 1 N–H and O–H groups in total. The van der Waals surface area contributed by atoms with Crippen LogP contribution in [0, 0.1) is 10.1 Å². The number of carbonyl (C=O) groups is 3. The van der Waals surface area contributed by atoms with Gasteiger partial charge in [0.2, 0.25) is 5.91 Å². The van der Waals surface area contributed by atoms with Crippen molar-refractivity contribution in [3.8, 4) is 0 Å². The van der Waals surface area contributed by atoms with Crippen molar-refractivity contribution < 1.29 is 19.3 Å². The smallest absolute Gasteiger partial charge is 0.294 e. The average molecular weight is 464 g/mol. The average Bonchev–Trinajstić information content (AvgIpc) is 2.96. The number of nitro benzene ring substituents is 1. The van der Waals surface area contributed by atoms with E-state index in [0.29, 0.717) is 23.0 Å². The number of benzene rings is 2. The Morgan fingerprint density at radius 1 is 1.30 bits per heavy atom. The van der Waals surface area contributed by atoms with E-state index < -0.39 is 28.5 Å². The van der Waals surface area contributed by atoms with Crippen molar-refractivity contribution in [1.82, 2.24) is 4.90 Å². The Morgan fingerprint density at radius 2 is 2.07 bits per heavy atom. The molecule has 1 heterocycles. The first-order valence-electron chi connectivity index (χ1n) is 8.41. The molecule has 0 aliphatic carbocycles. The zero-order valence-electron chi connectivity index (χ0n) is 15.5. The van der Waals surface area contributed by atoms with Gasteiger partial charge in [-0.15, -0.1) is 11.8 Å². The van der Waals surface area contributed by atoms with Crippen LogP contribution in [0.3, 0.4) is 0 Å². The lowest BCUT2D eigenvalue weighted by atomic mass is 10.2. The third-order valence-corrected chi connectivity index (χ3v) is 5.95. The van der Waals surface area contributed by atoms with Gasteiger partial charge in [0, 0.05) is 16.6 Å². The molecule has 3 amide bonds. The number of hydrogen-bond donors (Lipinski definition) is 1. The molecule has 0 bridgehead atoms. The summed E-state index contributed by atoms with van der Waals surface area (Å²) in [7, 11) is 0. The number of anilines is 1. The molecule has 3 rings (SSSR count). The van der Waals surface area contributed by atoms with Crippen LogP contribution in [0.15, 0.2) is 52.3 Å². The summed E-state index contributed by atoms with van der Waals surface area (Å²) in [5.74, 6) is -1.16. The number of nitro groups is 1. The topological polar surface area (TPSA) is 110 Å². The third kappa shape index (κ3) is 5.02. The molecule has 0 spiro atoms. The molecule has 2 aromatic carbocycles. The second-order valence-electron chi connectivity index (χ2n) is 6.02. The Morgan fingerprint density at radius 3 is 2.77 bits per heavy atom. The maximum atomic E-state index is 12.6. The molecule has 0 atom stereocenters. The number of amides is 3. The summed E-state index contributed by atoms with van der Waals surface area (Å²) < 4.78 is 0. The molecular formula is C19H14ClN3O5S2. The lowest BCUT2D eigenvalue weighted by Crippen LogP contribution is -2.36. The van der Waals surface area contributed by atoms with E-state index in [1.807, 2.05) is 12.3 Å². The molecule has 1 aliphatic rings. The molecule has 11 heteroatoms. The molecule has 1 saturated heterocycles. The maximum absolute atomic E-state index is 12.6. The van der Waals surface area contributed by atoms with Crippen LogP contribution in [0.25, 0.3) is 6.08 Å². The van der Waals surface area contributed by atoms with E-state index in [1.54, 1.807) is 18.2 Å². The Labute approximate surface area is 184 Å². The monoisotopic (exact) mass is 463 g/mol. The van der Waals surface area contributed by atoms with Crippen LogP contribution >= 0.6 is 35.1 Å². The molecule has 30 heavy (non-hydrogen) atoms. The zero-order chi connectivity index (χ0) is 21.8. The number of thioether (sulfide) groups is 2. The highest BCUT2D eigenvalue weighted by molar-refractivity contribution is 8.18. The van der Waals surface area contributed by atoms with E-state index in [2.05, 4.69) is 5.32 Å². The van der Waals surface area contributed by atoms with Crippen molar-refractivity contribution >= 4 is 69.6 Å². The first kappa shape index (κ1) is 21.9. The largest absolute Gasteiger partial charge is 0.324 e. The van der Waals surface area contributed by atoms with Crippen molar-refractivity contribution in [1.29, 1.82) is 0 Å². The van der Waals surface area contributed by atoms with Gasteiger partial charge in [-0.1, -0.05) is 23.7 Å². The van der Waals surface area contributed by atoms with Crippen LogP contribution in [-0.4, -0.2) is 39.7 Å². The van der Waals surface area contributed by atoms with Crippen LogP contribution in [0.5, 0.6) is 0 Å². The highest BCUT2D eigenvalue weighted by Crippen LogP contribution is 2.33. The highest BCUT2D eigenvalue weighted by Gasteiger charge is 2.36. The normalized spacial score (nSPS) is 15.0. The van der Waals surface area contributed by atoms with Gasteiger partial charge in [0.25, 0.3) is 16.8 Å². The number of halogens is 1. The van der Waals surface area contributed by atoms with Crippen molar-refractivity contribution in [3.05, 3.63) is 68.1 Å². The molecule has 0 unspecified atom stereocenters.